The average molecular weight is 381 g/mol. The van der Waals surface area contributed by atoms with Crippen molar-refractivity contribution in [2.24, 2.45) is 5.92 Å². The summed E-state index contributed by atoms with van der Waals surface area (Å²) in [5, 5.41) is 5.94. The van der Waals surface area contributed by atoms with E-state index in [1.807, 2.05) is 43.3 Å². The fourth-order valence-corrected chi connectivity index (χ4v) is 3.47. The molecule has 1 fully saturated rings. The molecule has 1 aliphatic rings. The summed E-state index contributed by atoms with van der Waals surface area (Å²) in [4.78, 5) is 26.5. The number of nitrogens with one attached hydrogen (secondary N) is 2. The maximum Gasteiger partial charge on any atom is 0.322 e. The van der Waals surface area contributed by atoms with E-state index in [2.05, 4.69) is 24.5 Å². The van der Waals surface area contributed by atoms with Gasteiger partial charge < -0.3 is 15.4 Å². The molecule has 0 aromatic heterocycles. The maximum atomic E-state index is 12.9. The lowest BCUT2D eigenvalue weighted by Gasteiger charge is -2.24. The Morgan fingerprint density at radius 3 is 2.43 bits per heavy atom. The summed E-state index contributed by atoms with van der Waals surface area (Å²) < 4.78 is 5.21. The number of rotatable bonds is 6. The fraction of sp³-hybridized carbons (Fsp3) is 0.364. The molecule has 1 saturated heterocycles. The molecular weight excluding hydrogens is 354 g/mol. The fourth-order valence-electron chi connectivity index (χ4n) is 3.47. The third-order valence-electron chi connectivity index (χ3n) is 5.03. The Morgan fingerprint density at radius 1 is 1.18 bits per heavy atom. The van der Waals surface area contributed by atoms with Crippen LogP contribution >= 0.6 is 0 Å². The van der Waals surface area contributed by atoms with Gasteiger partial charge in [-0.3, -0.25) is 9.69 Å². The molecular formula is C22H27N3O3. The second kappa shape index (κ2) is 8.33. The first-order chi connectivity index (χ1) is 13.4. The van der Waals surface area contributed by atoms with Gasteiger partial charge in [-0.05, 0) is 54.3 Å². The number of aryl methyl sites for hydroxylation is 1. The molecule has 3 rings (SSSR count). The van der Waals surface area contributed by atoms with Crippen LogP contribution in [0.1, 0.15) is 41.4 Å². The minimum atomic E-state index is -0.130. The van der Waals surface area contributed by atoms with Gasteiger partial charge in [0.1, 0.15) is 5.75 Å². The Bertz CT molecular complexity index is 862. The molecule has 6 nitrogen and oxygen atoms in total. The molecule has 0 radical (unpaired) electrons. The first-order valence-corrected chi connectivity index (χ1v) is 9.51. The SMILES string of the molecule is COc1ccc(C(NC(=O)c2ccc(N3CCNC3=O)c(C)c2)C(C)C)cc1. The Kier molecular flexibility index (Phi) is 5.87. The van der Waals surface area contributed by atoms with Crippen LogP contribution in [0.5, 0.6) is 5.75 Å². The van der Waals surface area contributed by atoms with Crippen molar-refractivity contribution in [1.29, 1.82) is 0 Å². The number of methoxy groups -OCH3 is 1. The van der Waals surface area contributed by atoms with Gasteiger partial charge in [0, 0.05) is 24.3 Å². The number of carbonyl (C=O) groups excluding carboxylic acids is 2. The number of ether oxygens (including phenoxy) is 1. The van der Waals surface area contributed by atoms with Crippen LogP contribution < -0.4 is 20.3 Å². The van der Waals surface area contributed by atoms with E-state index < -0.39 is 0 Å². The normalized spacial score (nSPS) is 14.8. The summed E-state index contributed by atoms with van der Waals surface area (Å²) in [6.45, 7) is 7.35. The molecule has 0 aliphatic carbocycles. The Balaban J connectivity index is 1.78. The van der Waals surface area contributed by atoms with E-state index in [1.165, 1.54) is 0 Å². The van der Waals surface area contributed by atoms with Crippen LogP contribution in [-0.4, -0.2) is 32.1 Å². The van der Waals surface area contributed by atoms with Crippen molar-refractivity contribution in [3.05, 3.63) is 59.2 Å². The molecule has 2 aromatic rings. The highest BCUT2D eigenvalue weighted by Crippen LogP contribution is 2.26. The number of benzene rings is 2. The standard InChI is InChI=1S/C22H27N3O3/c1-14(2)20(16-5-8-18(28-4)9-6-16)24-21(26)17-7-10-19(15(3)13-17)25-12-11-23-22(25)27/h5-10,13-14,20H,11-12H2,1-4H3,(H,23,27)(H,24,26). The minimum Gasteiger partial charge on any atom is -0.497 e. The topological polar surface area (TPSA) is 70.7 Å². The predicted molar refractivity (Wildman–Crippen MR) is 110 cm³/mol. The molecule has 3 amide bonds. The molecule has 0 spiro atoms. The molecule has 0 saturated carbocycles. The number of amides is 3. The van der Waals surface area contributed by atoms with E-state index in [0.717, 1.165) is 22.6 Å². The van der Waals surface area contributed by atoms with Gasteiger partial charge >= 0.3 is 6.03 Å². The molecule has 1 atom stereocenters. The van der Waals surface area contributed by atoms with Crippen molar-refractivity contribution >= 4 is 17.6 Å². The Morgan fingerprint density at radius 2 is 1.89 bits per heavy atom. The van der Waals surface area contributed by atoms with Gasteiger partial charge in [-0.2, -0.15) is 0 Å². The number of urea groups is 1. The molecule has 2 aromatic carbocycles. The number of hydrogen-bond donors (Lipinski definition) is 2. The molecule has 6 heteroatoms. The van der Waals surface area contributed by atoms with E-state index in [4.69, 9.17) is 4.74 Å². The van der Waals surface area contributed by atoms with Crippen LogP contribution in [0.2, 0.25) is 0 Å². The van der Waals surface area contributed by atoms with Crippen molar-refractivity contribution in [3.63, 3.8) is 0 Å². The van der Waals surface area contributed by atoms with Gasteiger partial charge in [-0.15, -0.1) is 0 Å². The van der Waals surface area contributed by atoms with Crippen molar-refractivity contribution in [3.8, 4) is 5.75 Å². The van der Waals surface area contributed by atoms with E-state index in [9.17, 15) is 9.59 Å². The minimum absolute atomic E-state index is 0.0975. The van der Waals surface area contributed by atoms with E-state index in [-0.39, 0.29) is 23.9 Å². The lowest BCUT2D eigenvalue weighted by atomic mass is 9.95. The van der Waals surface area contributed by atoms with Gasteiger partial charge in [-0.1, -0.05) is 26.0 Å². The van der Waals surface area contributed by atoms with E-state index in [0.29, 0.717) is 18.7 Å². The quantitative estimate of drug-likeness (QED) is 0.802. The van der Waals surface area contributed by atoms with Crippen LogP contribution in [0.25, 0.3) is 0 Å². The van der Waals surface area contributed by atoms with Crippen LogP contribution in [0.4, 0.5) is 10.5 Å². The molecule has 2 N–H and O–H groups in total. The summed E-state index contributed by atoms with van der Waals surface area (Å²) >= 11 is 0. The monoisotopic (exact) mass is 381 g/mol. The Labute approximate surface area is 165 Å². The first kappa shape index (κ1) is 19.7. The summed E-state index contributed by atoms with van der Waals surface area (Å²) in [7, 11) is 1.63. The first-order valence-electron chi connectivity index (χ1n) is 9.51. The molecule has 1 heterocycles. The van der Waals surface area contributed by atoms with E-state index in [1.54, 1.807) is 18.1 Å². The number of anilines is 1. The van der Waals surface area contributed by atoms with Crippen molar-refractivity contribution < 1.29 is 14.3 Å². The number of nitrogens with zero attached hydrogens (tertiary/aromatic N) is 1. The van der Waals surface area contributed by atoms with Crippen LogP contribution in [0, 0.1) is 12.8 Å². The zero-order chi connectivity index (χ0) is 20.3. The van der Waals surface area contributed by atoms with Crippen LogP contribution in [0.3, 0.4) is 0 Å². The second-order valence-corrected chi connectivity index (χ2v) is 7.35. The van der Waals surface area contributed by atoms with Gasteiger partial charge in [0.2, 0.25) is 0 Å². The third kappa shape index (κ3) is 4.11. The predicted octanol–water partition coefficient (Wildman–Crippen LogP) is 3.66. The summed E-state index contributed by atoms with van der Waals surface area (Å²) in [6.07, 6.45) is 0. The average Bonchev–Trinajstić information content (AvgIpc) is 3.11. The van der Waals surface area contributed by atoms with Crippen molar-refractivity contribution in [2.45, 2.75) is 26.8 Å². The zero-order valence-electron chi connectivity index (χ0n) is 16.8. The number of hydrogen-bond acceptors (Lipinski definition) is 3. The summed E-state index contributed by atoms with van der Waals surface area (Å²) in [5.74, 6) is 0.885. The van der Waals surface area contributed by atoms with Gasteiger partial charge in [0.05, 0.1) is 13.2 Å². The van der Waals surface area contributed by atoms with Gasteiger partial charge in [0.25, 0.3) is 5.91 Å². The van der Waals surface area contributed by atoms with E-state index >= 15 is 0 Å². The summed E-state index contributed by atoms with van der Waals surface area (Å²) in [6, 6.07) is 13.0. The highest BCUT2D eigenvalue weighted by molar-refractivity contribution is 5.98. The Hall–Kier alpha value is -3.02. The molecule has 1 aliphatic heterocycles. The highest BCUT2D eigenvalue weighted by Gasteiger charge is 2.24. The second-order valence-electron chi connectivity index (χ2n) is 7.35. The smallest absolute Gasteiger partial charge is 0.322 e. The highest BCUT2D eigenvalue weighted by atomic mass is 16.5. The zero-order valence-corrected chi connectivity index (χ0v) is 16.8. The van der Waals surface area contributed by atoms with Gasteiger partial charge in [-0.25, -0.2) is 4.79 Å². The summed E-state index contributed by atoms with van der Waals surface area (Å²) in [5.41, 5.74) is 3.35. The largest absolute Gasteiger partial charge is 0.497 e. The molecule has 1 unspecified atom stereocenters. The van der Waals surface area contributed by atoms with Gasteiger partial charge in [0.15, 0.2) is 0 Å². The molecule has 0 bridgehead atoms. The molecule has 148 valence electrons. The van der Waals surface area contributed by atoms with Crippen LogP contribution in [-0.2, 0) is 0 Å². The maximum absolute atomic E-state index is 12.9. The molecule has 28 heavy (non-hydrogen) atoms. The van der Waals surface area contributed by atoms with Crippen molar-refractivity contribution in [1.82, 2.24) is 10.6 Å². The lowest BCUT2D eigenvalue weighted by Crippen LogP contribution is -2.32. The van der Waals surface area contributed by atoms with Crippen LogP contribution in [0.15, 0.2) is 42.5 Å². The third-order valence-corrected chi connectivity index (χ3v) is 5.03. The van der Waals surface area contributed by atoms with Crippen molar-refractivity contribution in [2.75, 3.05) is 25.1 Å². The lowest BCUT2D eigenvalue weighted by molar-refractivity contribution is 0.0925. The number of carbonyl (C=O) groups is 2.